The minimum Gasteiger partial charge on any atom is -0.466 e. The SMILES string of the molecule is CCOC(=O)[C@@H]1[C@@H](C(=O)OCC)N2c3ccccc3N(C(=O)c3ccccc3)[C@@H](c3cccc(Cl)c3)C[C@@]2(c2ccccc2)[C@H]1C(=O)OCC. The molecule has 50 heavy (non-hydrogen) atoms. The normalized spacial score (nSPS) is 22.5. The Balaban J connectivity index is 1.77. The Bertz CT molecular complexity index is 1870. The van der Waals surface area contributed by atoms with Gasteiger partial charge in [-0.2, -0.15) is 0 Å². The van der Waals surface area contributed by atoms with Crippen LogP contribution in [0.5, 0.6) is 0 Å². The smallest absolute Gasteiger partial charge is 0.329 e. The number of ether oxygens (including phenoxy) is 3. The Morgan fingerprint density at radius 2 is 1.28 bits per heavy atom. The van der Waals surface area contributed by atoms with Gasteiger partial charge in [0, 0.05) is 17.0 Å². The Morgan fingerprint density at radius 1 is 0.700 bits per heavy atom. The Labute approximate surface area is 296 Å². The summed E-state index contributed by atoms with van der Waals surface area (Å²) >= 11 is 6.62. The number of esters is 3. The van der Waals surface area contributed by atoms with Gasteiger partial charge in [0.2, 0.25) is 0 Å². The number of hydrogen-bond acceptors (Lipinski definition) is 8. The van der Waals surface area contributed by atoms with Gasteiger partial charge in [-0.25, -0.2) is 4.79 Å². The minimum atomic E-state index is -1.45. The molecule has 1 amide bonds. The summed E-state index contributed by atoms with van der Waals surface area (Å²) in [6.45, 7) is 5.15. The third kappa shape index (κ3) is 6.00. The molecule has 0 saturated carbocycles. The van der Waals surface area contributed by atoms with Crippen molar-refractivity contribution >= 4 is 46.8 Å². The van der Waals surface area contributed by atoms with E-state index in [-0.39, 0.29) is 32.1 Å². The van der Waals surface area contributed by atoms with Crippen molar-refractivity contribution in [1.82, 2.24) is 0 Å². The maximum Gasteiger partial charge on any atom is 0.329 e. The number of anilines is 2. The zero-order valence-corrected chi connectivity index (χ0v) is 28.9. The van der Waals surface area contributed by atoms with Gasteiger partial charge in [-0.05, 0) is 68.3 Å². The van der Waals surface area contributed by atoms with Crippen LogP contribution < -0.4 is 9.80 Å². The molecule has 4 aromatic carbocycles. The summed E-state index contributed by atoms with van der Waals surface area (Å²) < 4.78 is 17.1. The highest BCUT2D eigenvalue weighted by Crippen LogP contribution is 2.61. The molecule has 1 saturated heterocycles. The second-order valence-corrected chi connectivity index (χ2v) is 12.6. The predicted octanol–water partition coefficient (Wildman–Crippen LogP) is 7.14. The fraction of sp³-hybridized carbons (Fsp3) is 0.300. The van der Waals surface area contributed by atoms with Crippen LogP contribution in [0.3, 0.4) is 0 Å². The molecule has 6 rings (SSSR count). The van der Waals surface area contributed by atoms with Gasteiger partial charge in [0.15, 0.2) is 0 Å². The molecular weight excluding hydrogens is 656 g/mol. The largest absolute Gasteiger partial charge is 0.466 e. The summed E-state index contributed by atoms with van der Waals surface area (Å²) in [5.74, 6) is -4.97. The molecule has 10 heteroatoms. The quantitative estimate of drug-likeness (QED) is 0.135. The number of hydrogen-bond donors (Lipinski definition) is 0. The maximum absolute atomic E-state index is 14.9. The molecule has 5 atom stereocenters. The molecule has 0 unspecified atom stereocenters. The molecule has 0 aliphatic carbocycles. The molecule has 1 fully saturated rings. The number of fused-ring (bicyclic) bond motifs is 3. The molecule has 2 aliphatic rings. The van der Waals surface area contributed by atoms with E-state index in [4.69, 9.17) is 25.8 Å². The standard InChI is InChI=1S/C40H39ClN2O7/c1-4-48-37(45)33-34(38(46)49-5-2)40(28-19-11-8-12-20-28)25-32(27-18-15-21-29(41)24-27)42(36(44)26-16-9-7-10-17-26)30-22-13-14-23-31(30)43(40)35(33)39(47)50-6-3/h7-24,32-35H,4-6,25H2,1-3H3/t32-,33+,34-,35+,40-/m1/s1. The number of para-hydroxylation sites is 2. The van der Waals surface area contributed by atoms with Crippen molar-refractivity contribution < 1.29 is 33.4 Å². The highest BCUT2D eigenvalue weighted by atomic mass is 35.5. The van der Waals surface area contributed by atoms with Gasteiger partial charge < -0.3 is 19.1 Å². The zero-order chi connectivity index (χ0) is 35.4. The molecule has 4 aromatic rings. The van der Waals surface area contributed by atoms with E-state index in [1.54, 1.807) is 74.2 Å². The van der Waals surface area contributed by atoms with Gasteiger partial charge >= 0.3 is 17.9 Å². The lowest BCUT2D eigenvalue weighted by atomic mass is 9.70. The van der Waals surface area contributed by atoms with E-state index in [2.05, 4.69) is 0 Å². The fourth-order valence-electron chi connectivity index (χ4n) is 7.73. The van der Waals surface area contributed by atoms with Crippen LogP contribution in [0.4, 0.5) is 11.4 Å². The number of carbonyl (C=O) groups is 4. The zero-order valence-electron chi connectivity index (χ0n) is 28.2. The maximum atomic E-state index is 14.9. The average Bonchev–Trinajstić information content (AvgIpc) is 3.37. The van der Waals surface area contributed by atoms with Crippen molar-refractivity contribution in [2.45, 2.75) is 44.8 Å². The fourth-order valence-corrected chi connectivity index (χ4v) is 7.92. The van der Waals surface area contributed by atoms with Crippen LogP contribution in [0.2, 0.25) is 5.02 Å². The first-order valence-corrected chi connectivity index (χ1v) is 17.2. The Morgan fingerprint density at radius 3 is 1.92 bits per heavy atom. The van der Waals surface area contributed by atoms with Crippen LogP contribution in [-0.2, 0) is 34.1 Å². The van der Waals surface area contributed by atoms with E-state index in [1.807, 2.05) is 65.6 Å². The number of carbonyl (C=O) groups excluding carboxylic acids is 4. The lowest BCUT2D eigenvalue weighted by molar-refractivity contribution is -0.163. The third-order valence-corrected chi connectivity index (χ3v) is 9.75. The van der Waals surface area contributed by atoms with Gasteiger partial charge in [-0.3, -0.25) is 19.3 Å². The van der Waals surface area contributed by atoms with Crippen molar-refractivity contribution in [3.63, 3.8) is 0 Å². The highest BCUT2D eigenvalue weighted by Gasteiger charge is 2.69. The second-order valence-electron chi connectivity index (χ2n) is 12.2. The predicted molar refractivity (Wildman–Crippen MR) is 190 cm³/mol. The monoisotopic (exact) mass is 694 g/mol. The van der Waals surface area contributed by atoms with Crippen molar-refractivity contribution in [1.29, 1.82) is 0 Å². The van der Waals surface area contributed by atoms with Gasteiger partial charge in [0.1, 0.15) is 17.9 Å². The molecule has 2 heterocycles. The molecule has 0 N–H and O–H groups in total. The Hall–Kier alpha value is -5.15. The number of amides is 1. The van der Waals surface area contributed by atoms with Crippen LogP contribution in [0.25, 0.3) is 0 Å². The topological polar surface area (TPSA) is 102 Å². The number of halogens is 1. The summed E-state index contributed by atoms with van der Waals surface area (Å²) in [4.78, 5) is 61.5. The molecule has 0 spiro atoms. The second kappa shape index (κ2) is 14.8. The van der Waals surface area contributed by atoms with E-state index in [0.29, 0.717) is 33.1 Å². The molecule has 0 aromatic heterocycles. The van der Waals surface area contributed by atoms with Gasteiger partial charge in [0.25, 0.3) is 5.91 Å². The van der Waals surface area contributed by atoms with Gasteiger partial charge in [0.05, 0.1) is 42.8 Å². The van der Waals surface area contributed by atoms with E-state index in [0.717, 1.165) is 0 Å². The van der Waals surface area contributed by atoms with E-state index in [9.17, 15) is 19.2 Å². The molecule has 0 bridgehead atoms. The Kier molecular flexibility index (Phi) is 10.2. The van der Waals surface area contributed by atoms with Crippen LogP contribution in [0.15, 0.2) is 109 Å². The summed E-state index contributed by atoms with van der Waals surface area (Å²) in [6, 6.07) is 30.6. The molecule has 2 aliphatic heterocycles. The summed E-state index contributed by atoms with van der Waals surface area (Å²) in [7, 11) is 0. The minimum absolute atomic E-state index is 0.0276. The first-order chi connectivity index (χ1) is 24.3. The summed E-state index contributed by atoms with van der Waals surface area (Å²) in [5.41, 5.74) is 1.28. The van der Waals surface area contributed by atoms with Crippen molar-refractivity contribution in [2.24, 2.45) is 11.8 Å². The van der Waals surface area contributed by atoms with Crippen LogP contribution in [0.1, 0.15) is 54.7 Å². The first kappa shape index (κ1) is 34.7. The summed E-state index contributed by atoms with van der Waals surface area (Å²) in [5, 5.41) is 0.458. The number of rotatable bonds is 9. The van der Waals surface area contributed by atoms with Crippen molar-refractivity contribution in [3.05, 3.63) is 131 Å². The van der Waals surface area contributed by atoms with Gasteiger partial charge in [-0.15, -0.1) is 0 Å². The third-order valence-electron chi connectivity index (χ3n) is 9.51. The van der Waals surface area contributed by atoms with Crippen LogP contribution in [-0.4, -0.2) is 49.7 Å². The van der Waals surface area contributed by atoms with Crippen molar-refractivity contribution in [2.75, 3.05) is 29.6 Å². The van der Waals surface area contributed by atoms with Crippen molar-refractivity contribution in [3.8, 4) is 0 Å². The number of nitrogens with zero attached hydrogens (tertiary/aromatic N) is 2. The molecule has 9 nitrogen and oxygen atoms in total. The summed E-state index contributed by atoms with van der Waals surface area (Å²) in [6.07, 6.45) is 0.0555. The van der Waals surface area contributed by atoms with E-state index in [1.165, 1.54) is 0 Å². The lowest BCUT2D eigenvalue weighted by Crippen LogP contribution is -2.52. The highest BCUT2D eigenvalue weighted by molar-refractivity contribution is 6.30. The van der Waals surface area contributed by atoms with E-state index < -0.39 is 47.4 Å². The molecule has 0 radical (unpaired) electrons. The average molecular weight is 695 g/mol. The van der Waals surface area contributed by atoms with Gasteiger partial charge in [-0.1, -0.05) is 84.4 Å². The number of benzene rings is 4. The van der Waals surface area contributed by atoms with E-state index >= 15 is 0 Å². The first-order valence-electron chi connectivity index (χ1n) is 16.9. The molecular formula is C40H39ClN2O7. The van der Waals surface area contributed by atoms with Crippen LogP contribution in [0, 0.1) is 11.8 Å². The molecule has 258 valence electrons. The van der Waals surface area contributed by atoms with Crippen LogP contribution >= 0.6 is 11.6 Å². The lowest BCUT2D eigenvalue weighted by Gasteiger charge is -2.44.